The van der Waals surface area contributed by atoms with Gasteiger partial charge in [-0.25, -0.2) is 0 Å². The molecule has 0 unspecified atom stereocenters. The van der Waals surface area contributed by atoms with E-state index in [-0.39, 0.29) is 0 Å². The molecule has 0 aliphatic carbocycles. The van der Waals surface area contributed by atoms with Gasteiger partial charge in [-0.05, 0) is 13.8 Å². The number of hydrogen-bond acceptors (Lipinski definition) is 29. The Morgan fingerprint density at radius 3 is 1.25 bits per heavy atom. The van der Waals surface area contributed by atoms with Crippen LogP contribution in [0.25, 0.3) is 0 Å². The Bertz CT molecular complexity index is 1590. The Kier molecular flexibility index (Phi) is 19.2. The Morgan fingerprint density at radius 2 is 0.750 bits per heavy atom. The number of rotatable bonds is 15. The largest absolute Gasteiger partial charge is 0.394 e. The summed E-state index contributed by atoms with van der Waals surface area (Å²) in [6.07, 6.45) is -53.9. The lowest BCUT2D eigenvalue weighted by molar-refractivity contribution is -0.402. The van der Waals surface area contributed by atoms with Crippen molar-refractivity contribution in [2.24, 2.45) is 0 Å². The van der Waals surface area contributed by atoms with Crippen molar-refractivity contribution in [2.75, 3.05) is 26.4 Å². The predicted molar refractivity (Wildman–Crippen MR) is 208 cm³/mol. The summed E-state index contributed by atoms with van der Waals surface area (Å²) in [5, 5.41) is 183. The van der Waals surface area contributed by atoms with E-state index in [1.807, 2.05) is 0 Å². The van der Waals surface area contributed by atoms with Gasteiger partial charge in [-0.2, -0.15) is 0 Å². The zero-order valence-electron chi connectivity index (χ0n) is 36.7. The van der Waals surface area contributed by atoms with Crippen LogP contribution in [0, 0.1) is 0 Å². The predicted octanol–water partition coefficient (Wildman–Crippen LogP) is -11.9. The lowest BCUT2D eigenvalue weighted by Crippen LogP contribution is -2.71. The van der Waals surface area contributed by atoms with E-state index in [0.29, 0.717) is 0 Å². The third-order valence-corrected chi connectivity index (χ3v) is 12.8. The van der Waals surface area contributed by atoms with E-state index in [0.717, 1.165) is 6.92 Å². The number of hydrogen-bond donors (Lipinski definition) is 18. The lowest BCUT2D eigenvalue weighted by Gasteiger charge is -2.52. The van der Waals surface area contributed by atoms with Gasteiger partial charge >= 0.3 is 0 Å². The number of amides is 1. The normalized spacial score (nSPS) is 52.6. The summed E-state index contributed by atoms with van der Waals surface area (Å²) >= 11 is 0. The van der Waals surface area contributed by atoms with Crippen LogP contribution in [0.1, 0.15) is 20.8 Å². The molecule has 18 N–H and O–H groups in total. The Balaban J connectivity index is 1.40. The highest BCUT2D eigenvalue weighted by molar-refractivity contribution is 5.73. The SMILES string of the molecule is CC(=O)N[C@H]1[C@H](O[C@@H]2[C@H](O[C@@H]3O[C@@H](C)[C@@H](O)[C@@H](O)[C@@H]3O)[C@@H](O)[C@H](O[C@H]3[C@H](O)[C@@H](O)[C@H](O)O[C@@H]3CO)O[C@@H]2CO)O[C@H](CO)[C@@H](O[C@@H]2O[C@@H](C)[C@@H](O)[C@@H](O)[C@@H]2O)[C@@H]1O[C@H]1O[C@H](CO)[C@H](O)[C@H](O)[C@H]1O. The number of aliphatic hydroxyl groups is 17. The molecule has 6 heterocycles. The molecule has 1 amide bonds. The van der Waals surface area contributed by atoms with Crippen molar-refractivity contribution in [1.29, 1.82) is 0 Å². The van der Waals surface area contributed by atoms with E-state index in [2.05, 4.69) is 5.32 Å². The molecule has 6 rings (SSSR count). The molecule has 0 aromatic heterocycles. The summed E-state index contributed by atoms with van der Waals surface area (Å²) in [5.41, 5.74) is 0. The number of nitrogens with one attached hydrogen (secondary N) is 1. The van der Waals surface area contributed by atoms with Crippen molar-refractivity contribution in [3.05, 3.63) is 0 Å². The molecule has 0 spiro atoms. The van der Waals surface area contributed by atoms with Crippen molar-refractivity contribution >= 4 is 5.91 Å². The molecule has 0 aromatic carbocycles. The monoisotopic (exact) mass is 999 g/mol. The minimum Gasteiger partial charge on any atom is -0.394 e. The van der Waals surface area contributed by atoms with Gasteiger partial charge in [-0.15, -0.1) is 0 Å². The highest BCUT2D eigenvalue weighted by atomic mass is 16.8. The maximum absolute atomic E-state index is 13.0. The summed E-state index contributed by atoms with van der Waals surface area (Å²) in [6, 6.07) is -1.83. The first-order valence-corrected chi connectivity index (χ1v) is 21.8. The second-order valence-electron chi connectivity index (χ2n) is 17.5. The van der Waals surface area contributed by atoms with Gasteiger partial charge in [0.15, 0.2) is 37.7 Å². The summed E-state index contributed by atoms with van der Waals surface area (Å²) in [7, 11) is 0. The molecule has 6 saturated heterocycles. The van der Waals surface area contributed by atoms with Gasteiger partial charge in [0.25, 0.3) is 0 Å². The first-order chi connectivity index (χ1) is 32.1. The maximum atomic E-state index is 13.0. The molecular weight excluding hydrogens is 934 g/mol. The lowest BCUT2D eigenvalue weighted by atomic mass is 9.93. The van der Waals surface area contributed by atoms with Crippen molar-refractivity contribution in [3.63, 3.8) is 0 Å². The molecule has 68 heavy (non-hydrogen) atoms. The summed E-state index contributed by atoms with van der Waals surface area (Å²) in [5.74, 6) is -0.879. The van der Waals surface area contributed by atoms with Crippen LogP contribution in [0.15, 0.2) is 0 Å². The first kappa shape index (κ1) is 55.7. The van der Waals surface area contributed by atoms with E-state index in [1.54, 1.807) is 0 Å². The molecule has 0 bridgehead atoms. The molecule has 396 valence electrons. The molecule has 6 aliphatic rings. The summed E-state index contributed by atoms with van der Waals surface area (Å²) < 4.78 is 64.3. The Labute approximate surface area is 386 Å². The average Bonchev–Trinajstić information content (AvgIpc) is 3.31. The fourth-order valence-corrected chi connectivity index (χ4v) is 8.80. The standard InChI is InChI=1S/C38H65NO29/c1-8-16(45)19(48)24(53)35(58-8)66-29-13(6-42)62-34(15(39-10(3)44)31(29)67-37-26(55)21(50)18(47)11(4-40)61-37)65-30-14(7-43)63-38(64-28-12(5-41)60-33(57)23(52)22(28)51)27(56)32(30)68-36-25(54)20(49)17(46)9(2)59-36/h8-9,11-38,40-43,45-57H,4-7H2,1-3H3,(H,39,44)/t8-,9-,11+,12+,13+,14+,15+,16+,17+,18-,19+,20+,21-,22+,23+,24-,25-,26+,27+,28+,29+,30-,31+,32+,33+,34-,35-,36-,37+,38-/m0/s1. The van der Waals surface area contributed by atoms with Crippen molar-refractivity contribution in [3.8, 4) is 0 Å². The number of carbonyl (C=O) groups excluding carboxylic acids is 1. The topological polar surface area (TPSA) is 475 Å². The van der Waals surface area contributed by atoms with Crippen LogP contribution in [0.4, 0.5) is 0 Å². The van der Waals surface area contributed by atoms with Gasteiger partial charge in [-0.1, -0.05) is 0 Å². The third-order valence-electron chi connectivity index (χ3n) is 12.8. The fraction of sp³-hybridized carbons (Fsp3) is 0.974. The van der Waals surface area contributed by atoms with Crippen molar-refractivity contribution in [1.82, 2.24) is 5.32 Å². The zero-order chi connectivity index (χ0) is 50.2. The molecular formula is C38H65NO29. The van der Waals surface area contributed by atoms with Crippen LogP contribution in [-0.2, 0) is 56.9 Å². The molecule has 6 fully saturated rings. The molecule has 0 saturated carbocycles. The smallest absolute Gasteiger partial charge is 0.217 e. The van der Waals surface area contributed by atoms with E-state index in [9.17, 15) is 91.6 Å². The van der Waals surface area contributed by atoms with Crippen LogP contribution in [0.2, 0.25) is 0 Å². The second kappa shape index (κ2) is 23.5. The van der Waals surface area contributed by atoms with Crippen molar-refractivity contribution < 1.29 is 144 Å². The molecule has 0 aromatic rings. The van der Waals surface area contributed by atoms with Crippen molar-refractivity contribution in [2.45, 2.75) is 205 Å². The highest BCUT2D eigenvalue weighted by Crippen LogP contribution is 2.38. The van der Waals surface area contributed by atoms with Crippen LogP contribution in [-0.4, -0.2) is 303 Å². The van der Waals surface area contributed by atoms with E-state index in [4.69, 9.17) is 52.1 Å². The van der Waals surface area contributed by atoms with Gasteiger partial charge < -0.3 is 144 Å². The minimum atomic E-state index is -2.23. The number of aliphatic hydroxyl groups excluding tert-OH is 17. The van der Waals surface area contributed by atoms with E-state index in [1.165, 1.54) is 13.8 Å². The Hall–Kier alpha value is -1.65. The molecule has 30 atom stereocenters. The first-order valence-electron chi connectivity index (χ1n) is 21.8. The minimum absolute atomic E-state index is 0.879. The second-order valence-corrected chi connectivity index (χ2v) is 17.5. The molecule has 30 heteroatoms. The number of carbonyl (C=O) groups is 1. The third kappa shape index (κ3) is 11.4. The van der Waals surface area contributed by atoms with Crippen LogP contribution >= 0.6 is 0 Å². The van der Waals surface area contributed by atoms with Crippen LogP contribution < -0.4 is 5.32 Å². The Morgan fingerprint density at radius 1 is 0.382 bits per heavy atom. The highest BCUT2D eigenvalue weighted by Gasteiger charge is 2.59. The summed E-state index contributed by atoms with van der Waals surface area (Å²) in [4.78, 5) is 13.0. The van der Waals surface area contributed by atoms with Crippen LogP contribution in [0.5, 0.6) is 0 Å². The van der Waals surface area contributed by atoms with Gasteiger partial charge in [0.2, 0.25) is 5.91 Å². The quantitative estimate of drug-likeness (QED) is 0.0724. The molecule has 0 radical (unpaired) electrons. The zero-order valence-corrected chi connectivity index (χ0v) is 36.7. The van der Waals surface area contributed by atoms with Gasteiger partial charge in [0.05, 0.1) is 38.6 Å². The molecule has 30 nitrogen and oxygen atoms in total. The van der Waals surface area contributed by atoms with Crippen LogP contribution in [0.3, 0.4) is 0 Å². The maximum Gasteiger partial charge on any atom is 0.217 e. The average molecular weight is 1000 g/mol. The van der Waals surface area contributed by atoms with Gasteiger partial charge in [0.1, 0.15) is 134 Å². The molecule has 6 aliphatic heterocycles. The fourth-order valence-electron chi connectivity index (χ4n) is 8.80. The number of ether oxygens (including phenoxy) is 11. The summed E-state index contributed by atoms with van der Waals surface area (Å²) in [6.45, 7) is -0.382. The van der Waals surface area contributed by atoms with Gasteiger partial charge in [0, 0.05) is 6.92 Å². The van der Waals surface area contributed by atoms with E-state index >= 15 is 0 Å². The van der Waals surface area contributed by atoms with Gasteiger partial charge in [-0.3, -0.25) is 4.79 Å². The van der Waals surface area contributed by atoms with E-state index < -0.39 is 217 Å².